The van der Waals surface area contributed by atoms with Gasteiger partial charge in [0.15, 0.2) is 0 Å². The minimum Gasteiger partial charge on any atom is -0.481 e. The van der Waals surface area contributed by atoms with Gasteiger partial charge in [0, 0.05) is 29.9 Å². The van der Waals surface area contributed by atoms with Crippen molar-refractivity contribution in [1.82, 2.24) is 15.2 Å². The normalized spacial score (nSPS) is 40.1. The Morgan fingerprint density at radius 2 is 1.80 bits per heavy atom. The number of anilines is 2. The third kappa shape index (κ3) is 3.82. The number of aliphatic carboxylic acids is 1. The van der Waals surface area contributed by atoms with Gasteiger partial charge in [-0.1, -0.05) is 54.0 Å². The highest BCUT2D eigenvalue weighted by Crippen LogP contribution is 2.76. The molecule has 1 unspecified atom stereocenters. The lowest BCUT2D eigenvalue weighted by Crippen LogP contribution is -2.64. The van der Waals surface area contributed by atoms with Gasteiger partial charge < -0.3 is 16.2 Å². The summed E-state index contributed by atoms with van der Waals surface area (Å²) in [6, 6.07) is 4.36. The summed E-state index contributed by atoms with van der Waals surface area (Å²) >= 11 is 0. The molecule has 7 rings (SSSR count). The van der Waals surface area contributed by atoms with Crippen molar-refractivity contribution in [1.29, 1.82) is 0 Å². The van der Waals surface area contributed by atoms with Gasteiger partial charge >= 0.3 is 5.97 Å². The molecule has 7 heteroatoms. The Kier molecular flexibility index (Phi) is 6.35. The van der Waals surface area contributed by atoms with E-state index in [1.807, 2.05) is 7.05 Å². The minimum atomic E-state index is -0.607. The Hall–Kier alpha value is -2.83. The lowest BCUT2D eigenvalue weighted by atomic mass is 9.33. The first-order chi connectivity index (χ1) is 20.6. The number of H-pyrrole nitrogens is 1. The van der Waals surface area contributed by atoms with E-state index >= 15 is 0 Å². The molecule has 0 aliphatic heterocycles. The Bertz CT molecular complexity index is 1540. The number of nitrogens with zero attached hydrogens (tertiary/aromatic N) is 2. The van der Waals surface area contributed by atoms with Gasteiger partial charge in [-0.3, -0.25) is 9.89 Å². The number of fused-ring (bicyclic) bond motifs is 8. The summed E-state index contributed by atoms with van der Waals surface area (Å²) in [7, 11) is 1.92. The molecule has 0 saturated heterocycles. The number of hydrogen-bond donors (Lipinski definition) is 4. The molecule has 3 saturated carbocycles. The number of pyridine rings is 1. The predicted octanol–water partition coefficient (Wildman–Crippen LogP) is 7.71. The van der Waals surface area contributed by atoms with Crippen molar-refractivity contribution < 1.29 is 9.90 Å². The van der Waals surface area contributed by atoms with Crippen LogP contribution in [-0.2, 0) is 16.6 Å². The highest BCUT2D eigenvalue weighted by atomic mass is 16.4. The van der Waals surface area contributed by atoms with E-state index in [-0.39, 0.29) is 44.8 Å². The minimum absolute atomic E-state index is 0.0151. The molecule has 44 heavy (non-hydrogen) atoms. The molecule has 8 atom stereocenters. The highest BCUT2D eigenvalue weighted by Gasteiger charge is 2.68. The van der Waals surface area contributed by atoms with E-state index in [1.54, 1.807) is 5.57 Å². The van der Waals surface area contributed by atoms with Gasteiger partial charge in [-0.2, -0.15) is 5.10 Å². The van der Waals surface area contributed by atoms with Crippen LogP contribution in [0.1, 0.15) is 110 Å². The molecule has 0 spiro atoms. The van der Waals surface area contributed by atoms with Gasteiger partial charge in [0.2, 0.25) is 0 Å². The quantitative estimate of drug-likeness (QED) is 0.287. The second kappa shape index (κ2) is 9.35. The van der Waals surface area contributed by atoms with Crippen LogP contribution in [0.25, 0.3) is 5.57 Å². The molecule has 0 radical (unpaired) electrons. The number of nitrogens with one attached hydrogen (secondary N) is 2. The van der Waals surface area contributed by atoms with Crippen LogP contribution in [0.5, 0.6) is 0 Å². The number of carbonyl (C=O) groups is 1. The number of hydrogen-bond acceptors (Lipinski definition) is 5. The van der Waals surface area contributed by atoms with Crippen LogP contribution in [0.15, 0.2) is 23.9 Å². The first kappa shape index (κ1) is 29.9. The molecule has 0 amide bonds. The highest BCUT2D eigenvalue weighted by molar-refractivity contribution is 5.75. The van der Waals surface area contributed by atoms with E-state index in [1.165, 1.54) is 35.2 Å². The van der Waals surface area contributed by atoms with Crippen molar-refractivity contribution in [2.75, 3.05) is 18.1 Å². The number of nitrogen functional groups attached to an aromatic ring is 1. The number of carboxylic acid groups (broad SMARTS) is 1. The lowest BCUT2D eigenvalue weighted by molar-refractivity contribution is -0.161. The average molecular weight is 600 g/mol. The maximum absolute atomic E-state index is 12.8. The second-order valence-electron chi connectivity index (χ2n) is 17.4. The van der Waals surface area contributed by atoms with Gasteiger partial charge in [0.1, 0.15) is 11.6 Å². The monoisotopic (exact) mass is 599 g/mol. The number of carboxylic acids is 1. The van der Waals surface area contributed by atoms with Gasteiger partial charge in [-0.15, -0.1) is 0 Å². The molecule has 2 aromatic heterocycles. The third-order valence-electron chi connectivity index (χ3n) is 14.5. The molecule has 238 valence electrons. The maximum Gasteiger partial charge on any atom is 0.306 e. The fourth-order valence-corrected chi connectivity index (χ4v) is 12.4. The van der Waals surface area contributed by atoms with E-state index in [0.29, 0.717) is 17.7 Å². The first-order valence-corrected chi connectivity index (χ1v) is 17.0. The van der Waals surface area contributed by atoms with Gasteiger partial charge in [-0.05, 0) is 120 Å². The van der Waals surface area contributed by atoms with Crippen LogP contribution in [0, 0.1) is 51.2 Å². The number of allylic oxidation sites excluding steroid dienone is 2. The summed E-state index contributed by atoms with van der Waals surface area (Å²) in [6.07, 6.45) is 10.3. The molecule has 5 N–H and O–H groups in total. The summed E-state index contributed by atoms with van der Waals surface area (Å²) < 4.78 is 0. The summed E-state index contributed by atoms with van der Waals surface area (Å²) in [6.45, 7) is 17.2. The summed E-state index contributed by atoms with van der Waals surface area (Å²) in [4.78, 5) is 17.6. The zero-order valence-corrected chi connectivity index (χ0v) is 28.1. The van der Waals surface area contributed by atoms with E-state index in [9.17, 15) is 9.90 Å². The summed E-state index contributed by atoms with van der Waals surface area (Å²) in [5.74, 6) is 2.07. The van der Waals surface area contributed by atoms with Crippen LogP contribution in [0.3, 0.4) is 0 Å². The van der Waals surface area contributed by atoms with E-state index in [2.05, 4.69) is 82.3 Å². The smallest absolute Gasteiger partial charge is 0.306 e. The van der Waals surface area contributed by atoms with Crippen molar-refractivity contribution in [3.63, 3.8) is 0 Å². The van der Waals surface area contributed by atoms with Crippen LogP contribution in [0.4, 0.5) is 11.6 Å². The van der Waals surface area contributed by atoms with Crippen LogP contribution >= 0.6 is 0 Å². The SMILES string of the molecule is CNc1ccc(C2=C3[C@H]4CC(C)(C)C[C@@H](C(=O)O)[C@H]4CC[C@@]3(C)[C@]3(C)CC[C@H]4C(C)(C)c5[nH]nc(N)c5C[C@]4(C)C3C2)cn1. The standard InChI is InChI=1S/C37H53N5O2/c1-33(2)16-23-21(24(17-33)32(43)44)11-13-37(7)29(23)22(20-9-10-28(39-8)40-19-20)15-27-35(5)18-25-30(41-42-31(25)38)34(3,4)26(35)12-14-36(27,37)6/h9-10,19,21,23-24,26-27H,11-18H2,1-8H3,(H,39,40)(H,43,44)(H3,38,41,42)/t21-,23-,24+,26-,27?,35-,36+,37+/m0/s1. The molecule has 0 aromatic carbocycles. The van der Waals surface area contributed by atoms with Crippen molar-refractivity contribution >= 4 is 23.2 Å². The Morgan fingerprint density at radius 1 is 1.05 bits per heavy atom. The zero-order chi connectivity index (χ0) is 31.6. The van der Waals surface area contributed by atoms with Crippen molar-refractivity contribution in [2.45, 2.75) is 105 Å². The van der Waals surface area contributed by atoms with Crippen molar-refractivity contribution in [3.8, 4) is 0 Å². The molecule has 5 aliphatic carbocycles. The molecule has 2 heterocycles. The van der Waals surface area contributed by atoms with Crippen LogP contribution in [-0.4, -0.2) is 33.3 Å². The van der Waals surface area contributed by atoms with Crippen molar-refractivity contribution in [3.05, 3.63) is 40.7 Å². The molecule has 5 aliphatic rings. The number of aromatic nitrogens is 3. The molecular formula is C37H53N5O2. The fourth-order valence-electron chi connectivity index (χ4n) is 12.4. The van der Waals surface area contributed by atoms with Crippen LogP contribution < -0.4 is 11.1 Å². The summed E-state index contributed by atoms with van der Waals surface area (Å²) in [5, 5.41) is 21.6. The van der Waals surface area contributed by atoms with E-state index in [0.717, 1.165) is 44.3 Å². The topological polar surface area (TPSA) is 117 Å². The first-order valence-electron chi connectivity index (χ1n) is 17.0. The van der Waals surface area contributed by atoms with Gasteiger partial charge in [0.25, 0.3) is 0 Å². The van der Waals surface area contributed by atoms with Gasteiger partial charge in [-0.25, -0.2) is 4.98 Å². The number of aromatic amines is 1. The Morgan fingerprint density at radius 3 is 2.45 bits per heavy atom. The number of nitrogens with two attached hydrogens (primary N) is 1. The molecule has 2 aromatic rings. The average Bonchev–Trinajstić information content (AvgIpc) is 3.32. The largest absolute Gasteiger partial charge is 0.481 e. The molecule has 7 nitrogen and oxygen atoms in total. The van der Waals surface area contributed by atoms with E-state index < -0.39 is 5.97 Å². The lowest BCUT2D eigenvalue weighted by Gasteiger charge is -2.70. The second-order valence-corrected chi connectivity index (χ2v) is 17.4. The fraction of sp³-hybridized carbons (Fsp3) is 0.703. The van der Waals surface area contributed by atoms with E-state index in [4.69, 9.17) is 10.7 Å². The van der Waals surface area contributed by atoms with Crippen molar-refractivity contribution in [2.24, 2.45) is 51.2 Å². The zero-order valence-electron chi connectivity index (χ0n) is 28.1. The van der Waals surface area contributed by atoms with Crippen LogP contribution in [0.2, 0.25) is 0 Å². The summed E-state index contributed by atoms with van der Waals surface area (Å²) in [5.41, 5.74) is 13.3. The number of rotatable bonds is 3. The predicted molar refractivity (Wildman–Crippen MR) is 176 cm³/mol. The third-order valence-corrected chi connectivity index (χ3v) is 14.5. The van der Waals surface area contributed by atoms with Gasteiger partial charge in [0.05, 0.1) is 5.92 Å². The Labute approximate surface area is 263 Å². The molecular weight excluding hydrogens is 546 g/mol. The molecule has 0 bridgehead atoms. The Balaban J connectivity index is 1.45. The molecule has 3 fully saturated rings. The maximum atomic E-state index is 12.8.